The van der Waals surface area contributed by atoms with E-state index in [2.05, 4.69) is 5.09 Å². The summed E-state index contributed by atoms with van der Waals surface area (Å²) in [5.41, 5.74) is 0. The molecule has 0 fully saturated rings. The Kier molecular flexibility index (Phi) is 13.3. The van der Waals surface area contributed by atoms with Crippen molar-refractivity contribution in [3.8, 4) is 0 Å². The zero-order chi connectivity index (χ0) is 16.9. The molecule has 9 heteroatoms. The summed E-state index contributed by atoms with van der Waals surface area (Å²) in [5, 5.41) is 3.23. The van der Waals surface area contributed by atoms with E-state index in [0.29, 0.717) is 39.6 Å². The van der Waals surface area contributed by atoms with Crippen LogP contribution in [-0.2, 0) is 34.1 Å². The van der Waals surface area contributed by atoms with E-state index in [1.54, 1.807) is 0 Å². The van der Waals surface area contributed by atoms with Gasteiger partial charge in [-0.05, 0) is 52.8 Å². The van der Waals surface area contributed by atoms with Gasteiger partial charge in [0.2, 0.25) is 0 Å². The molecule has 0 heterocycles. The maximum absolute atomic E-state index is 5.82. The molecule has 0 amide bonds. The van der Waals surface area contributed by atoms with Crippen molar-refractivity contribution >= 4 is 27.3 Å². The summed E-state index contributed by atoms with van der Waals surface area (Å²) in [7, 11) is -2.57. The number of hydrogen-bond acceptors (Lipinski definition) is 6. The lowest BCUT2D eigenvalue weighted by Gasteiger charge is -2.29. The highest BCUT2D eigenvalue weighted by Crippen LogP contribution is 2.43. The molecule has 0 saturated carbocycles. The molecular formula is C13H32NO5PSSi. The van der Waals surface area contributed by atoms with Gasteiger partial charge in [-0.2, -0.15) is 0 Å². The van der Waals surface area contributed by atoms with Crippen LogP contribution in [0.15, 0.2) is 0 Å². The van der Waals surface area contributed by atoms with Crippen LogP contribution in [0.5, 0.6) is 0 Å². The van der Waals surface area contributed by atoms with Gasteiger partial charge < -0.3 is 22.3 Å². The molecule has 0 atom stereocenters. The summed E-state index contributed by atoms with van der Waals surface area (Å²) in [6.07, 6.45) is 0.838. The monoisotopic (exact) mass is 373 g/mol. The summed E-state index contributed by atoms with van der Waals surface area (Å²) in [5.74, 6) is 0. The molecule has 6 nitrogen and oxygen atoms in total. The van der Waals surface area contributed by atoms with Gasteiger partial charge >= 0.3 is 8.80 Å². The molecule has 0 unspecified atom stereocenters. The smallest absolute Gasteiger partial charge is 0.374 e. The first kappa shape index (κ1) is 22.6. The van der Waals surface area contributed by atoms with Crippen LogP contribution in [0.2, 0.25) is 6.04 Å². The van der Waals surface area contributed by atoms with E-state index in [9.17, 15) is 0 Å². The van der Waals surface area contributed by atoms with E-state index >= 15 is 0 Å². The van der Waals surface area contributed by atoms with E-state index < -0.39 is 15.4 Å². The topological polar surface area (TPSA) is 58.2 Å². The zero-order valence-corrected chi connectivity index (χ0v) is 17.3. The second-order valence-corrected chi connectivity index (χ2v) is 10.3. The maximum atomic E-state index is 5.82. The van der Waals surface area contributed by atoms with Crippen LogP contribution in [0.25, 0.3) is 0 Å². The quantitative estimate of drug-likeness (QED) is 0.268. The van der Waals surface area contributed by atoms with Gasteiger partial charge in [0.15, 0.2) is 0 Å². The second-order valence-electron chi connectivity index (χ2n) is 4.33. The van der Waals surface area contributed by atoms with Crippen molar-refractivity contribution in [3.05, 3.63) is 0 Å². The van der Waals surface area contributed by atoms with Crippen LogP contribution in [0, 0.1) is 0 Å². The van der Waals surface area contributed by atoms with Crippen molar-refractivity contribution in [1.29, 1.82) is 0 Å². The molecule has 0 radical (unpaired) electrons. The minimum atomic E-state index is -2.57. The van der Waals surface area contributed by atoms with Crippen LogP contribution in [0.4, 0.5) is 0 Å². The summed E-state index contributed by atoms with van der Waals surface area (Å²) < 4.78 is 28.6. The largest absolute Gasteiger partial charge is 0.500 e. The lowest BCUT2D eigenvalue weighted by molar-refractivity contribution is 0.0708. The molecule has 0 rings (SSSR count). The molecule has 22 heavy (non-hydrogen) atoms. The van der Waals surface area contributed by atoms with Crippen molar-refractivity contribution in [1.82, 2.24) is 5.09 Å². The normalized spacial score (nSPS) is 12.8. The number of nitrogens with one attached hydrogen (secondary N) is 1. The first-order chi connectivity index (χ1) is 10.5. The minimum Gasteiger partial charge on any atom is -0.374 e. The van der Waals surface area contributed by atoms with Crippen molar-refractivity contribution in [2.24, 2.45) is 0 Å². The molecule has 1 N–H and O–H groups in total. The fourth-order valence-electron chi connectivity index (χ4n) is 1.99. The maximum Gasteiger partial charge on any atom is 0.500 e. The summed E-state index contributed by atoms with van der Waals surface area (Å²) in [6, 6.07) is 0.753. The lowest BCUT2D eigenvalue weighted by Crippen LogP contribution is -2.46. The molecule has 0 aliphatic rings. The van der Waals surface area contributed by atoms with Crippen LogP contribution in [-0.4, -0.2) is 48.4 Å². The van der Waals surface area contributed by atoms with Gasteiger partial charge in [0.25, 0.3) is 6.64 Å². The SMILES string of the molecule is CCO[Si](CCCNP(=S)(OCC)OCC)(OCC)OCC. The molecule has 0 aliphatic carbocycles. The Labute approximate surface area is 141 Å². The Bertz CT molecular complexity index is 298. The zero-order valence-electron chi connectivity index (χ0n) is 14.6. The van der Waals surface area contributed by atoms with Crippen molar-refractivity contribution in [3.63, 3.8) is 0 Å². The molecule has 0 aromatic carbocycles. The summed E-state index contributed by atoms with van der Waals surface area (Å²) >= 11 is 5.43. The molecule has 0 aromatic heterocycles. The fourth-order valence-corrected chi connectivity index (χ4v) is 6.88. The van der Waals surface area contributed by atoms with E-state index in [0.717, 1.165) is 12.5 Å². The average molecular weight is 374 g/mol. The van der Waals surface area contributed by atoms with Gasteiger partial charge in [-0.1, -0.05) is 0 Å². The Hall–Kier alpha value is 0.627. The third-order valence-electron chi connectivity index (χ3n) is 2.66. The van der Waals surface area contributed by atoms with Gasteiger partial charge in [0, 0.05) is 32.4 Å². The van der Waals surface area contributed by atoms with E-state index in [-0.39, 0.29) is 0 Å². The molecule has 0 bridgehead atoms. The Morgan fingerprint density at radius 2 is 1.27 bits per heavy atom. The van der Waals surface area contributed by atoms with Crippen molar-refractivity contribution in [2.45, 2.75) is 47.1 Å². The molecule has 134 valence electrons. The summed E-state index contributed by atoms with van der Waals surface area (Å²) in [4.78, 5) is 0. The Morgan fingerprint density at radius 1 is 0.818 bits per heavy atom. The van der Waals surface area contributed by atoms with Crippen LogP contribution in [0.3, 0.4) is 0 Å². The first-order valence-electron chi connectivity index (χ1n) is 8.07. The molecule has 0 saturated heterocycles. The Morgan fingerprint density at radius 3 is 1.64 bits per heavy atom. The predicted molar refractivity (Wildman–Crippen MR) is 95.6 cm³/mol. The van der Waals surface area contributed by atoms with Crippen LogP contribution in [0.1, 0.15) is 41.0 Å². The van der Waals surface area contributed by atoms with E-state index in [1.807, 2.05) is 34.6 Å². The standard InChI is InChI=1S/C13H32NO5PSSi/c1-6-15-20(21,16-7-2)14-12-11-13-22(17-8-3,18-9-4)19-10-5/h6-13H2,1-5H3,(H,14,21). The van der Waals surface area contributed by atoms with Gasteiger partial charge in [-0.25, -0.2) is 5.09 Å². The summed E-state index contributed by atoms with van der Waals surface area (Å²) in [6.45, 7) is 10.9. The minimum absolute atomic E-state index is 0.541. The van der Waals surface area contributed by atoms with Gasteiger partial charge in [-0.15, -0.1) is 0 Å². The number of rotatable bonds is 15. The van der Waals surface area contributed by atoms with Gasteiger partial charge in [0.1, 0.15) is 0 Å². The lowest BCUT2D eigenvalue weighted by atomic mass is 10.5. The van der Waals surface area contributed by atoms with Crippen molar-refractivity contribution in [2.75, 3.05) is 39.6 Å². The van der Waals surface area contributed by atoms with Crippen molar-refractivity contribution < 1.29 is 22.3 Å². The second kappa shape index (κ2) is 13.0. The van der Waals surface area contributed by atoms with E-state index in [4.69, 9.17) is 34.1 Å². The van der Waals surface area contributed by atoms with Gasteiger partial charge in [0.05, 0.1) is 13.2 Å². The first-order valence-corrected chi connectivity index (χ1v) is 12.6. The highest BCUT2D eigenvalue weighted by Gasteiger charge is 2.39. The predicted octanol–water partition coefficient (Wildman–Crippen LogP) is 3.31. The average Bonchev–Trinajstić information content (AvgIpc) is 2.45. The third-order valence-corrected chi connectivity index (χ3v) is 8.63. The third kappa shape index (κ3) is 9.05. The van der Waals surface area contributed by atoms with Crippen LogP contribution >= 0.6 is 6.64 Å². The number of hydrogen-bond donors (Lipinski definition) is 1. The molecule has 0 aromatic rings. The fraction of sp³-hybridized carbons (Fsp3) is 1.00. The molecular weight excluding hydrogens is 341 g/mol. The van der Waals surface area contributed by atoms with Crippen LogP contribution < -0.4 is 5.09 Å². The molecule has 0 aliphatic heterocycles. The highest BCUT2D eigenvalue weighted by molar-refractivity contribution is 8.08. The Balaban J connectivity index is 4.44. The highest BCUT2D eigenvalue weighted by atomic mass is 32.5. The van der Waals surface area contributed by atoms with E-state index in [1.165, 1.54) is 0 Å². The molecule has 0 spiro atoms. The van der Waals surface area contributed by atoms with Gasteiger partial charge in [-0.3, -0.25) is 0 Å².